The van der Waals surface area contributed by atoms with Crippen LogP contribution in [0.3, 0.4) is 0 Å². The van der Waals surface area contributed by atoms with Gasteiger partial charge >= 0.3 is 0 Å². The van der Waals surface area contributed by atoms with Crippen molar-refractivity contribution >= 4 is 33.9 Å². The lowest BCUT2D eigenvalue weighted by atomic mass is 10.1. The Morgan fingerprint density at radius 3 is 2.50 bits per heavy atom. The first-order chi connectivity index (χ1) is 11.3. The molecule has 6 nitrogen and oxygen atoms in total. The highest BCUT2D eigenvalue weighted by Gasteiger charge is 2.20. The number of amides is 2. The van der Waals surface area contributed by atoms with Crippen LogP contribution in [0.25, 0.3) is 0 Å². The van der Waals surface area contributed by atoms with Gasteiger partial charge < -0.3 is 16.4 Å². The maximum atomic E-state index is 12.5. The second kappa shape index (κ2) is 7.27. The molecule has 24 heavy (non-hydrogen) atoms. The van der Waals surface area contributed by atoms with E-state index in [4.69, 9.17) is 5.73 Å². The summed E-state index contributed by atoms with van der Waals surface area (Å²) in [5.41, 5.74) is 7.51. The van der Waals surface area contributed by atoms with Crippen molar-refractivity contribution in [2.75, 3.05) is 5.32 Å². The number of thiophene rings is 1. The number of hydrogen-bond donors (Lipinski definition) is 3. The predicted octanol–water partition coefficient (Wildman–Crippen LogP) is 2.31. The van der Waals surface area contributed by atoms with E-state index in [0.717, 1.165) is 10.4 Å². The number of aryl methyl sites for hydroxylation is 1. The number of ketones is 1. The second-order valence-corrected chi connectivity index (χ2v) is 6.52. The molecule has 0 spiro atoms. The van der Waals surface area contributed by atoms with Gasteiger partial charge in [-0.15, -0.1) is 11.3 Å². The van der Waals surface area contributed by atoms with Crippen LogP contribution in [0.15, 0.2) is 35.7 Å². The van der Waals surface area contributed by atoms with Gasteiger partial charge in [-0.05, 0) is 38.5 Å². The number of carbonyl (C=O) groups is 3. The lowest BCUT2D eigenvalue weighted by Gasteiger charge is -2.13. The molecule has 0 fully saturated rings. The molecule has 2 rings (SSSR count). The third-order valence-corrected chi connectivity index (χ3v) is 4.77. The molecular formula is C17H19N3O3S. The number of nitrogens with one attached hydrogen (secondary N) is 2. The summed E-state index contributed by atoms with van der Waals surface area (Å²) in [6.07, 6.45) is 6.72. The normalized spacial score (nSPS) is 14.4. The highest BCUT2D eigenvalue weighted by atomic mass is 32.1. The zero-order valence-electron chi connectivity index (χ0n) is 13.7. The summed E-state index contributed by atoms with van der Waals surface area (Å²) in [5, 5.41) is 6.15. The number of carbonyl (C=O) groups excluding carboxylic acids is 3. The van der Waals surface area contributed by atoms with Gasteiger partial charge in [-0.25, -0.2) is 0 Å². The fourth-order valence-corrected chi connectivity index (χ4v) is 3.28. The molecule has 2 amide bonds. The Hall–Kier alpha value is -2.67. The Morgan fingerprint density at radius 2 is 1.96 bits per heavy atom. The van der Waals surface area contributed by atoms with Crippen LogP contribution in [0.1, 0.15) is 34.1 Å². The van der Waals surface area contributed by atoms with Crippen LogP contribution in [0.4, 0.5) is 5.00 Å². The minimum absolute atomic E-state index is 0.0164. The molecular weight excluding hydrogens is 326 g/mol. The molecule has 0 atom stereocenters. The Kier molecular flexibility index (Phi) is 5.35. The third-order valence-electron chi connectivity index (χ3n) is 3.64. The lowest BCUT2D eigenvalue weighted by molar-refractivity contribution is -0.114. The lowest BCUT2D eigenvalue weighted by Crippen LogP contribution is -2.26. The van der Waals surface area contributed by atoms with Crippen molar-refractivity contribution in [2.45, 2.75) is 27.2 Å². The SMILES string of the molecule is CC=C(NC1=CCC(=O)C=C1)C(=O)Nc1sc(C)c(C)c1C(N)=O. The van der Waals surface area contributed by atoms with Crippen LogP contribution in [-0.2, 0) is 9.59 Å². The van der Waals surface area contributed by atoms with Crippen LogP contribution in [0.2, 0.25) is 0 Å². The van der Waals surface area contributed by atoms with E-state index in [-0.39, 0.29) is 11.7 Å². The highest BCUT2D eigenvalue weighted by molar-refractivity contribution is 7.16. The van der Waals surface area contributed by atoms with E-state index in [1.807, 2.05) is 6.92 Å². The molecule has 1 aliphatic carbocycles. The second-order valence-electron chi connectivity index (χ2n) is 5.30. The van der Waals surface area contributed by atoms with Gasteiger partial charge in [-0.1, -0.05) is 12.2 Å². The van der Waals surface area contributed by atoms with Gasteiger partial charge in [0, 0.05) is 17.0 Å². The average molecular weight is 345 g/mol. The highest BCUT2D eigenvalue weighted by Crippen LogP contribution is 2.32. The molecule has 7 heteroatoms. The van der Waals surface area contributed by atoms with Gasteiger partial charge in [0.1, 0.15) is 10.7 Å². The number of anilines is 1. The van der Waals surface area contributed by atoms with E-state index >= 15 is 0 Å². The van der Waals surface area contributed by atoms with Gasteiger partial charge in [0.2, 0.25) is 0 Å². The molecule has 1 aliphatic rings. The van der Waals surface area contributed by atoms with Crippen molar-refractivity contribution in [3.8, 4) is 0 Å². The standard InChI is InChI=1S/C17H19N3O3S/c1-4-13(19-11-5-7-12(21)8-6-11)16(23)20-17-14(15(18)22)9(2)10(3)24-17/h4-7,19H,8H2,1-3H3,(H2,18,22)(H,20,23). The molecule has 4 N–H and O–H groups in total. The Morgan fingerprint density at radius 1 is 1.25 bits per heavy atom. The van der Waals surface area contributed by atoms with Gasteiger partial charge in [0.25, 0.3) is 11.8 Å². The molecule has 0 unspecified atom stereocenters. The molecule has 1 aromatic rings. The van der Waals surface area contributed by atoms with Gasteiger partial charge in [0.15, 0.2) is 5.78 Å². The fraction of sp³-hybridized carbons (Fsp3) is 0.235. The van der Waals surface area contributed by atoms with Crippen molar-refractivity contribution < 1.29 is 14.4 Å². The quantitative estimate of drug-likeness (QED) is 0.713. The zero-order valence-corrected chi connectivity index (χ0v) is 14.5. The molecule has 126 valence electrons. The van der Waals surface area contributed by atoms with Crippen LogP contribution >= 0.6 is 11.3 Å². The molecule has 0 saturated heterocycles. The fourth-order valence-electron chi connectivity index (χ4n) is 2.22. The number of hydrogen-bond acceptors (Lipinski definition) is 5. The van der Waals surface area contributed by atoms with Crippen molar-refractivity contribution in [1.82, 2.24) is 5.32 Å². The summed E-state index contributed by atoms with van der Waals surface area (Å²) in [6, 6.07) is 0. The minimum atomic E-state index is -0.571. The van der Waals surface area contributed by atoms with Crippen molar-refractivity contribution in [3.63, 3.8) is 0 Å². The number of nitrogens with two attached hydrogens (primary N) is 1. The number of primary amides is 1. The number of allylic oxidation sites excluding steroid dienone is 4. The van der Waals surface area contributed by atoms with E-state index in [1.54, 1.807) is 32.1 Å². The van der Waals surface area contributed by atoms with Crippen LogP contribution in [0, 0.1) is 13.8 Å². The molecule has 0 bridgehead atoms. The summed E-state index contributed by atoms with van der Waals surface area (Å²) in [5.74, 6) is -0.936. The van der Waals surface area contributed by atoms with Crippen LogP contribution in [-0.4, -0.2) is 17.6 Å². The summed E-state index contributed by atoms with van der Waals surface area (Å²) in [4.78, 5) is 36.2. The maximum absolute atomic E-state index is 12.5. The summed E-state index contributed by atoms with van der Waals surface area (Å²) in [7, 11) is 0. The number of rotatable bonds is 5. The van der Waals surface area contributed by atoms with E-state index in [0.29, 0.717) is 28.4 Å². The molecule has 0 saturated carbocycles. The molecule has 1 heterocycles. The Bertz CT molecular complexity index is 800. The van der Waals surface area contributed by atoms with E-state index in [2.05, 4.69) is 10.6 Å². The Balaban J connectivity index is 2.17. The van der Waals surface area contributed by atoms with E-state index in [1.165, 1.54) is 17.4 Å². The maximum Gasteiger partial charge on any atom is 0.272 e. The van der Waals surface area contributed by atoms with Crippen LogP contribution in [0.5, 0.6) is 0 Å². The molecule has 0 radical (unpaired) electrons. The first-order valence-corrected chi connectivity index (χ1v) is 8.20. The largest absolute Gasteiger partial charge is 0.365 e. The molecule has 0 aromatic carbocycles. The van der Waals surface area contributed by atoms with Gasteiger partial charge in [-0.2, -0.15) is 0 Å². The van der Waals surface area contributed by atoms with Crippen molar-refractivity contribution in [3.05, 3.63) is 51.7 Å². The first-order valence-electron chi connectivity index (χ1n) is 7.39. The van der Waals surface area contributed by atoms with E-state index < -0.39 is 5.91 Å². The summed E-state index contributed by atoms with van der Waals surface area (Å²) in [6.45, 7) is 5.39. The average Bonchev–Trinajstić information content (AvgIpc) is 2.80. The summed E-state index contributed by atoms with van der Waals surface area (Å²) < 4.78 is 0. The van der Waals surface area contributed by atoms with Crippen molar-refractivity contribution in [2.24, 2.45) is 5.73 Å². The smallest absolute Gasteiger partial charge is 0.272 e. The van der Waals surface area contributed by atoms with E-state index in [9.17, 15) is 14.4 Å². The third kappa shape index (κ3) is 3.80. The molecule has 1 aromatic heterocycles. The van der Waals surface area contributed by atoms with Crippen LogP contribution < -0.4 is 16.4 Å². The predicted molar refractivity (Wildman–Crippen MR) is 94.7 cm³/mol. The molecule has 0 aliphatic heterocycles. The summed E-state index contributed by atoms with van der Waals surface area (Å²) >= 11 is 1.31. The topological polar surface area (TPSA) is 101 Å². The zero-order chi connectivity index (χ0) is 17.9. The Labute approximate surface area is 144 Å². The van der Waals surface area contributed by atoms with Gasteiger partial charge in [-0.3, -0.25) is 14.4 Å². The monoisotopic (exact) mass is 345 g/mol. The first kappa shape index (κ1) is 17.7. The van der Waals surface area contributed by atoms with Crippen molar-refractivity contribution in [1.29, 1.82) is 0 Å². The van der Waals surface area contributed by atoms with Gasteiger partial charge in [0.05, 0.1) is 5.56 Å². The minimum Gasteiger partial charge on any atom is -0.365 e.